The smallest absolute Gasteiger partial charge is 0.419 e. The summed E-state index contributed by atoms with van der Waals surface area (Å²) < 4.78 is 11.1. The van der Waals surface area contributed by atoms with Crippen LogP contribution in [0, 0.1) is 0 Å². The molecule has 1 aromatic carbocycles. The molecular weight excluding hydrogens is 286 g/mol. The third kappa shape index (κ3) is 3.00. The summed E-state index contributed by atoms with van der Waals surface area (Å²) in [5.41, 5.74) is -1.03. The molecular formula is C16H17NO5. The van der Waals surface area contributed by atoms with E-state index in [1.165, 1.54) is 7.11 Å². The van der Waals surface area contributed by atoms with Gasteiger partial charge >= 0.3 is 12.1 Å². The van der Waals surface area contributed by atoms with E-state index in [0.717, 1.165) is 10.8 Å². The van der Waals surface area contributed by atoms with Gasteiger partial charge in [-0.3, -0.25) is 9.36 Å². The average Bonchev–Trinajstić information content (AvgIpc) is 2.45. The van der Waals surface area contributed by atoms with Crippen molar-refractivity contribution in [1.29, 1.82) is 0 Å². The fourth-order valence-electron chi connectivity index (χ4n) is 2.00. The zero-order valence-electron chi connectivity index (χ0n) is 12.9. The topological polar surface area (TPSA) is 74.6 Å². The molecule has 0 unspecified atom stereocenters. The predicted molar refractivity (Wildman–Crippen MR) is 81.2 cm³/mol. The fourth-order valence-corrected chi connectivity index (χ4v) is 2.00. The maximum Gasteiger partial charge on any atom is 0.419 e. The molecule has 0 amide bonds. The van der Waals surface area contributed by atoms with Crippen molar-refractivity contribution in [2.75, 3.05) is 7.11 Å². The number of aromatic nitrogens is 1. The molecule has 0 atom stereocenters. The Morgan fingerprint density at radius 2 is 1.77 bits per heavy atom. The molecule has 22 heavy (non-hydrogen) atoms. The SMILES string of the molecule is COC(=O)c1cn(C(=O)OC(C)(C)C)c2ccccc2c1=O. The summed E-state index contributed by atoms with van der Waals surface area (Å²) in [6.45, 7) is 5.20. The number of methoxy groups -OCH3 is 1. The first-order chi connectivity index (χ1) is 10.2. The molecule has 0 N–H and O–H groups in total. The average molecular weight is 303 g/mol. The van der Waals surface area contributed by atoms with Crippen LogP contribution in [0.1, 0.15) is 31.1 Å². The Bertz CT molecular complexity index is 798. The molecule has 2 aromatic rings. The molecule has 1 heterocycles. The Morgan fingerprint density at radius 1 is 1.14 bits per heavy atom. The Kier molecular flexibility index (Phi) is 4.03. The number of hydrogen-bond acceptors (Lipinski definition) is 5. The minimum Gasteiger partial charge on any atom is -0.465 e. The molecule has 6 nitrogen and oxygen atoms in total. The number of esters is 1. The van der Waals surface area contributed by atoms with Crippen molar-refractivity contribution in [2.24, 2.45) is 0 Å². The Hall–Kier alpha value is -2.63. The lowest BCUT2D eigenvalue weighted by molar-refractivity contribution is 0.0542. The zero-order chi connectivity index (χ0) is 16.5. The van der Waals surface area contributed by atoms with Crippen molar-refractivity contribution < 1.29 is 19.1 Å². The lowest BCUT2D eigenvalue weighted by atomic mass is 10.1. The second-order valence-corrected chi connectivity index (χ2v) is 5.73. The first-order valence-corrected chi connectivity index (χ1v) is 6.70. The van der Waals surface area contributed by atoms with E-state index >= 15 is 0 Å². The van der Waals surface area contributed by atoms with Crippen LogP contribution in [-0.4, -0.2) is 29.3 Å². The molecule has 6 heteroatoms. The van der Waals surface area contributed by atoms with Gasteiger partial charge in [-0.1, -0.05) is 12.1 Å². The summed E-state index contributed by atoms with van der Waals surface area (Å²) in [5, 5.41) is 0.247. The molecule has 0 fully saturated rings. The highest BCUT2D eigenvalue weighted by Crippen LogP contribution is 2.15. The number of para-hydroxylation sites is 1. The van der Waals surface area contributed by atoms with Gasteiger partial charge in [0, 0.05) is 11.6 Å². The maximum absolute atomic E-state index is 12.3. The summed E-state index contributed by atoms with van der Waals surface area (Å²) in [5.74, 6) is -0.798. The number of benzene rings is 1. The zero-order valence-corrected chi connectivity index (χ0v) is 12.9. The third-order valence-electron chi connectivity index (χ3n) is 2.91. The Balaban J connectivity index is 2.72. The normalized spacial score (nSPS) is 11.3. The van der Waals surface area contributed by atoms with Gasteiger partial charge in [0.15, 0.2) is 0 Å². The van der Waals surface area contributed by atoms with E-state index in [1.807, 2.05) is 0 Å². The van der Waals surface area contributed by atoms with Gasteiger partial charge in [0.1, 0.15) is 11.2 Å². The molecule has 0 aliphatic heterocycles. The van der Waals surface area contributed by atoms with E-state index in [4.69, 9.17) is 4.74 Å². The van der Waals surface area contributed by atoms with Crippen molar-refractivity contribution >= 4 is 23.0 Å². The van der Waals surface area contributed by atoms with Crippen LogP contribution in [0.5, 0.6) is 0 Å². The van der Waals surface area contributed by atoms with E-state index in [9.17, 15) is 14.4 Å². The monoisotopic (exact) mass is 303 g/mol. The van der Waals surface area contributed by atoms with Gasteiger partial charge in [-0.15, -0.1) is 0 Å². The quantitative estimate of drug-likeness (QED) is 0.757. The first kappa shape index (κ1) is 15.8. The van der Waals surface area contributed by atoms with Gasteiger partial charge in [0.05, 0.1) is 12.6 Å². The number of fused-ring (bicyclic) bond motifs is 1. The molecule has 116 valence electrons. The van der Waals surface area contributed by atoms with E-state index in [1.54, 1.807) is 45.0 Å². The van der Waals surface area contributed by atoms with Crippen molar-refractivity contribution in [1.82, 2.24) is 4.57 Å². The van der Waals surface area contributed by atoms with Crippen LogP contribution >= 0.6 is 0 Å². The van der Waals surface area contributed by atoms with Crippen LogP contribution in [0.3, 0.4) is 0 Å². The molecule has 0 spiro atoms. The molecule has 2 rings (SSSR count). The third-order valence-corrected chi connectivity index (χ3v) is 2.91. The number of hydrogen-bond donors (Lipinski definition) is 0. The number of nitrogens with zero attached hydrogens (tertiary/aromatic N) is 1. The standard InChI is InChI=1S/C16H17NO5/c1-16(2,3)22-15(20)17-9-11(14(19)21-4)13(18)10-7-5-6-8-12(10)17/h5-9H,1-4H3. The number of carbonyl (C=O) groups excluding carboxylic acids is 2. The van der Waals surface area contributed by atoms with Crippen LogP contribution in [-0.2, 0) is 9.47 Å². The van der Waals surface area contributed by atoms with Crippen molar-refractivity contribution in [3.05, 3.63) is 46.2 Å². The first-order valence-electron chi connectivity index (χ1n) is 6.70. The van der Waals surface area contributed by atoms with Crippen LogP contribution in [0.15, 0.2) is 35.3 Å². The molecule has 0 aliphatic carbocycles. The van der Waals surface area contributed by atoms with E-state index in [0.29, 0.717) is 5.52 Å². The van der Waals surface area contributed by atoms with Gasteiger partial charge in [-0.05, 0) is 32.9 Å². The highest BCUT2D eigenvalue weighted by Gasteiger charge is 2.22. The molecule has 0 aliphatic rings. The molecule has 0 saturated heterocycles. The fraction of sp³-hybridized carbons (Fsp3) is 0.312. The van der Waals surface area contributed by atoms with Crippen LogP contribution in [0.2, 0.25) is 0 Å². The second kappa shape index (κ2) is 5.63. The Labute approximate surface area is 127 Å². The van der Waals surface area contributed by atoms with Crippen LogP contribution in [0.4, 0.5) is 4.79 Å². The molecule has 0 radical (unpaired) electrons. The summed E-state index contributed by atoms with van der Waals surface area (Å²) in [7, 11) is 1.18. The molecule has 1 aromatic heterocycles. The van der Waals surface area contributed by atoms with E-state index < -0.39 is 23.1 Å². The van der Waals surface area contributed by atoms with E-state index in [-0.39, 0.29) is 10.9 Å². The molecule has 0 saturated carbocycles. The Morgan fingerprint density at radius 3 is 2.36 bits per heavy atom. The minimum atomic E-state index is -0.798. The second-order valence-electron chi connectivity index (χ2n) is 5.73. The van der Waals surface area contributed by atoms with Crippen molar-refractivity contribution in [3.63, 3.8) is 0 Å². The summed E-state index contributed by atoms with van der Waals surface area (Å²) >= 11 is 0. The van der Waals surface area contributed by atoms with E-state index in [2.05, 4.69) is 4.74 Å². The largest absolute Gasteiger partial charge is 0.465 e. The number of ether oxygens (including phenoxy) is 2. The minimum absolute atomic E-state index is 0.216. The van der Waals surface area contributed by atoms with Gasteiger partial charge in [-0.25, -0.2) is 9.59 Å². The predicted octanol–water partition coefficient (Wildman–Crippen LogP) is 2.57. The van der Waals surface area contributed by atoms with Gasteiger partial charge in [0.25, 0.3) is 0 Å². The van der Waals surface area contributed by atoms with Gasteiger partial charge < -0.3 is 9.47 Å². The highest BCUT2D eigenvalue weighted by atomic mass is 16.6. The maximum atomic E-state index is 12.3. The van der Waals surface area contributed by atoms with Gasteiger partial charge in [0.2, 0.25) is 5.43 Å². The van der Waals surface area contributed by atoms with Crippen molar-refractivity contribution in [2.45, 2.75) is 26.4 Å². The van der Waals surface area contributed by atoms with Crippen molar-refractivity contribution in [3.8, 4) is 0 Å². The number of carbonyl (C=O) groups is 2. The summed E-state index contributed by atoms with van der Waals surface area (Å²) in [6, 6.07) is 6.51. The lowest BCUT2D eigenvalue weighted by Gasteiger charge is -2.21. The van der Waals surface area contributed by atoms with Crippen LogP contribution in [0.25, 0.3) is 10.9 Å². The summed E-state index contributed by atoms with van der Waals surface area (Å²) in [4.78, 5) is 36.4. The number of rotatable bonds is 1. The van der Waals surface area contributed by atoms with Crippen LogP contribution < -0.4 is 5.43 Å². The lowest BCUT2D eigenvalue weighted by Crippen LogP contribution is -2.29. The summed E-state index contributed by atoms with van der Waals surface area (Å²) in [6.07, 6.45) is 0.485. The highest BCUT2D eigenvalue weighted by molar-refractivity contribution is 5.96. The number of pyridine rings is 1. The molecule has 0 bridgehead atoms. The van der Waals surface area contributed by atoms with Gasteiger partial charge in [-0.2, -0.15) is 0 Å².